The maximum Gasteiger partial charge on any atom is 0.191 e. The molecule has 0 saturated carbocycles. The zero-order chi connectivity index (χ0) is 15.6. The van der Waals surface area contributed by atoms with Crippen molar-refractivity contribution in [2.75, 3.05) is 45.9 Å². The monoisotopic (exact) mass is 312 g/mol. The Hall–Kier alpha value is -0.850. The number of aliphatic imine (C=N–C) groups is 1. The van der Waals surface area contributed by atoms with Gasteiger partial charge < -0.3 is 25.4 Å². The lowest BCUT2D eigenvalue weighted by atomic mass is 10.1. The van der Waals surface area contributed by atoms with Crippen molar-refractivity contribution in [3.8, 4) is 0 Å². The third-order valence-corrected chi connectivity index (χ3v) is 4.32. The topological polar surface area (TPSA) is 69.1 Å². The van der Waals surface area contributed by atoms with Gasteiger partial charge in [-0.2, -0.15) is 0 Å². The van der Waals surface area contributed by atoms with Gasteiger partial charge in [-0.05, 0) is 45.6 Å². The van der Waals surface area contributed by atoms with Crippen LogP contribution in [0.5, 0.6) is 0 Å². The van der Waals surface area contributed by atoms with Crippen LogP contribution in [0.2, 0.25) is 0 Å². The fourth-order valence-corrected chi connectivity index (χ4v) is 2.98. The van der Waals surface area contributed by atoms with Crippen LogP contribution in [0.25, 0.3) is 0 Å². The number of likely N-dealkylation sites (tertiary alicyclic amines) is 1. The first-order valence-electron chi connectivity index (χ1n) is 8.82. The van der Waals surface area contributed by atoms with E-state index in [9.17, 15) is 5.11 Å². The first-order chi connectivity index (χ1) is 10.8. The summed E-state index contributed by atoms with van der Waals surface area (Å²) < 4.78 is 5.61. The second kappa shape index (κ2) is 10.0. The second-order valence-corrected chi connectivity index (χ2v) is 6.21. The van der Waals surface area contributed by atoms with Gasteiger partial charge in [0.1, 0.15) is 0 Å². The first-order valence-corrected chi connectivity index (χ1v) is 8.82. The van der Waals surface area contributed by atoms with E-state index in [2.05, 4.69) is 27.4 Å². The normalized spacial score (nSPS) is 24.6. The van der Waals surface area contributed by atoms with Gasteiger partial charge in [-0.25, -0.2) is 0 Å². The molecule has 1 unspecified atom stereocenters. The number of aliphatic hydroxyl groups excluding tert-OH is 1. The molecule has 2 heterocycles. The lowest BCUT2D eigenvalue weighted by Crippen LogP contribution is -2.40. The predicted octanol–water partition coefficient (Wildman–Crippen LogP) is 0.567. The van der Waals surface area contributed by atoms with E-state index < -0.39 is 0 Å². The van der Waals surface area contributed by atoms with Crippen LogP contribution in [0.4, 0.5) is 0 Å². The molecule has 6 nitrogen and oxygen atoms in total. The average molecular weight is 312 g/mol. The van der Waals surface area contributed by atoms with Gasteiger partial charge in [0.2, 0.25) is 0 Å². The van der Waals surface area contributed by atoms with Crippen molar-refractivity contribution in [3.05, 3.63) is 0 Å². The summed E-state index contributed by atoms with van der Waals surface area (Å²) in [5.41, 5.74) is 0. The van der Waals surface area contributed by atoms with E-state index in [0.29, 0.717) is 6.10 Å². The van der Waals surface area contributed by atoms with Crippen molar-refractivity contribution < 1.29 is 9.84 Å². The third kappa shape index (κ3) is 6.50. The molecule has 2 saturated heterocycles. The number of aliphatic hydroxyl groups is 1. The first kappa shape index (κ1) is 17.5. The van der Waals surface area contributed by atoms with Crippen LogP contribution in [0.3, 0.4) is 0 Å². The van der Waals surface area contributed by atoms with Crippen LogP contribution >= 0.6 is 0 Å². The number of nitrogens with zero attached hydrogens (tertiary/aromatic N) is 2. The average Bonchev–Trinajstić information content (AvgIpc) is 3.04. The summed E-state index contributed by atoms with van der Waals surface area (Å²) in [5.74, 6) is 0.895. The molecule has 128 valence electrons. The van der Waals surface area contributed by atoms with Gasteiger partial charge in [0, 0.05) is 32.8 Å². The van der Waals surface area contributed by atoms with E-state index in [-0.39, 0.29) is 6.10 Å². The summed E-state index contributed by atoms with van der Waals surface area (Å²) >= 11 is 0. The van der Waals surface area contributed by atoms with Crippen molar-refractivity contribution in [1.29, 1.82) is 0 Å². The summed E-state index contributed by atoms with van der Waals surface area (Å²) in [7, 11) is 0. The molecule has 0 aromatic carbocycles. The third-order valence-electron chi connectivity index (χ3n) is 4.32. The van der Waals surface area contributed by atoms with Gasteiger partial charge in [-0.3, -0.25) is 4.99 Å². The number of piperidine rings is 1. The minimum Gasteiger partial charge on any atom is -0.393 e. The Kier molecular flexibility index (Phi) is 7.98. The Balaban J connectivity index is 1.60. The molecule has 0 radical (unpaired) electrons. The summed E-state index contributed by atoms with van der Waals surface area (Å²) in [6.45, 7) is 8.65. The molecule has 0 bridgehead atoms. The number of rotatable bonds is 7. The van der Waals surface area contributed by atoms with Crippen LogP contribution in [0.15, 0.2) is 4.99 Å². The molecule has 1 atom stereocenters. The lowest BCUT2D eigenvalue weighted by Gasteiger charge is -2.29. The van der Waals surface area contributed by atoms with E-state index in [1.807, 2.05) is 0 Å². The fraction of sp³-hybridized carbons (Fsp3) is 0.938. The van der Waals surface area contributed by atoms with Gasteiger partial charge in [-0.15, -0.1) is 0 Å². The summed E-state index contributed by atoms with van der Waals surface area (Å²) in [6.07, 6.45) is 5.44. The minimum atomic E-state index is -0.0836. The molecule has 0 aromatic heterocycles. The Morgan fingerprint density at radius 1 is 1.27 bits per heavy atom. The molecule has 2 rings (SSSR count). The molecule has 0 spiro atoms. The van der Waals surface area contributed by atoms with Crippen molar-refractivity contribution in [2.45, 2.75) is 51.2 Å². The maximum atomic E-state index is 9.51. The highest BCUT2D eigenvalue weighted by Gasteiger charge is 2.16. The number of hydrogen-bond acceptors (Lipinski definition) is 4. The van der Waals surface area contributed by atoms with Crippen LogP contribution < -0.4 is 10.6 Å². The molecule has 3 N–H and O–H groups in total. The molecular formula is C16H32N4O2. The largest absolute Gasteiger partial charge is 0.393 e. The Labute approximate surface area is 134 Å². The number of hydrogen-bond donors (Lipinski definition) is 3. The lowest BCUT2D eigenvalue weighted by molar-refractivity contribution is 0.0822. The predicted molar refractivity (Wildman–Crippen MR) is 89.3 cm³/mol. The number of nitrogens with one attached hydrogen (secondary N) is 2. The van der Waals surface area contributed by atoms with E-state index in [4.69, 9.17) is 4.74 Å². The van der Waals surface area contributed by atoms with Crippen LogP contribution in [0.1, 0.15) is 39.0 Å². The molecule has 0 aliphatic carbocycles. The molecule has 0 aromatic rings. The smallest absolute Gasteiger partial charge is 0.191 e. The minimum absolute atomic E-state index is 0.0836. The Morgan fingerprint density at radius 3 is 2.77 bits per heavy atom. The number of ether oxygens (including phenoxy) is 1. The zero-order valence-electron chi connectivity index (χ0n) is 13.9. The van der Waals surface area contributed by atoms with Crippen molar-refractivity contribution in [1.82, 2.24) is 15.5 Å². The molecule has 22 heavy (non-hydrogen) atoms. The van der Waals surface area contributed by atoms with E-state index in [1.165, 1.54) is 0 Å². The molecule has 2 aliphatic heterocycles. The van der Waals surface area contributed by atoms with Crippen molar-refractivity contribution in [3.63, 3.8) is 0 Å². The molecular weight excluding hydrogens is 280 g/mol. The Morgan fingerprint density at radius 2 is 2.09 bits per heavy atom. The quantitative estimate of drug-likeness (QED) is 0.364. The van der Waals surface area contributed by atoms with Gasteiger partial charge in [0.15, 0.2) is 5.96 Å². The van der Waals surface area contributed by atoms with Gasteiger partial charge in [-0.1, -0.05) is 0 Å². The highest BCUT2D eigenvalue weighted by Crippen LogP contribution is 2.12. The second-order valence-electron chi connectivity index (χ2n) is 6.21. The highest BCUT2D eigenvalue weighted by molar-refractivity contribution is 5.79. The standard InChI is InChI=1S/C16H32N4O2/c1-2-17-16(19-13-15-5-3-12-22-15)18-8-4-9-20-10-6-14(21)7-11-20/h14-15,21H,2-13H2,1H3,(H2,17,18,19). The molecule has 2 fully saturated rings. The van der Waals surface area contributed by atoms with E-state index in [0.717, 1.165) is 83.9 Å². The number of guanidine groups is 1. The van der Waals surface area contributed by atoms with E-state index >= 15 is 0 Å². The molecule has 0 amide bonds. The summed E-state index contributed by atoms with van der Waals surface area (Å²) in [6, 6.07) is 0. The Bertz CT molecular complexity index is 324. The SMILES string of the molecule is CCNC(=NCC1CCCO1)NCCCN1CCC(O)CC1. The van der Waals surface area contributed by atoms with Crippen molar-refractivity contribution in [2.24, 2.45) is 4.99 Å². The zero-order valence-corrected chi connectivity index (χ0v) is 13.9. The van der Waals surface area contributed by atoms with Crippen molar-refractivity contribution >= 4 is 5.96 Å². The van der Waals surface area contributed by atoms with Crippen LogP contribution in [0, 0.1) is 0 Å². The maximum absolute atomic E-state index is 9.51. The molecule has 6 heteroatoms. The van der Waals surface area contributed by atoms with Gasteiger partial charge in [0.05, 0.1) is 18.8 Å². The fourth-order valence-electron chi connectivity index (χ4n) is 2.98. The van der Waals surface area contributed by atoms with Crippen LogP contribution in [-0.2, 0) is 4.74 Å². The van der Waals surface area contributed by atoms with Crippen LogP contribution in [-0.4, -0.2) is 74.0 Å². The van der Waals surface area contributed by atoms with E-state index in [1.54, 1.807) is 0 Å². The van der Waals surface area contributed by atoms with Gasteiger partial charge in [0.25, 0.3) is 0 Å². The van der Waals surface area contributed by atoms with Gasteiger partial charge >= 0.3 is 0 Å². The summed E-state index contributed by atoms with van der Waals surface area (Å²) in [5, 5.41) is 16.2. The molecule has 2 aliphatic rings. The summed E-state index contributed by atoms with van der Waals surface area (Å²) in [4.78, 5) is 7.05. The highest BCUT2D eigenvalue weighted by atomic mass is 16.5.